The fourth-order valence-electron chi connectivity index (χ4n) is 3.10. The van der Waals surface area contributed by atoms with E-state index in [4.69, 9.17) is 10.2 Å². The SMILES string of the molecule is CC1(C(O)O)C=CC(C(c2ccc(C(O)O)cc2)(C(F)(F)F)C(F)(F)F)=CC1. The molecule has 0 saturated carbocycles. The minimum Gasteiger partial charge on any atom is -0.367 e. The molecule has 0 bridgehead atoms. The Labute approximate surface area is 156 Å². The van der Waals surface area contributed by atoms with Crippen molar-refractivity contribution in [3.05, 3.63) is 59.2 Å². The van der Waals surface area contributed by atoms with Gasteiger partial charge in [-0.3, -0.25) is 0 Å². The first-order valence-corrected chi connectivity index (χ1v) is 8.03. The molecule has 4 nitrogen and oxygen atoms in total. The van der Waals surface area contributed by atoms with E-state index in [0.717, 1.165) is 18.2 Å². The molecule has 1 atom stereocenters. The lowest BCUT2D eigenvalue weighted by Crippen LogP contribution is -2.55. The molecule has 0 amide bonds. The third-order valence-electron chi connectivity index (χ3n) is 4.92. The van der Waals surface area contributed by atoms with Crippen LogP contribution in [0.15, 0.2) is 48.1 Å². The highest BCUT2D eigenvalue weighted by atomic mass is 19.4. The standard InChI is InChI=1S/C18H18F6O4/c1-15(14(27)28)8-6-12(7-9-15)16(17(19,20)21,18(22,23)24)11-4-2-10(3-5-11)13(25)26/h2-8,13-14,25-28H,9H2,1H3. The van der Waals surface area contributed by atoms with Gasteiger partial charge in [-0.15, -0.1) is 0 Å². The van der Waals surface area contributed by atoms with Crippen LogP contribution >= 0.6 is 0 Å². The van der Waals surface area contributed by atoms with Crippen molar-refractivity contribution in [2.75, 3.05) is 0 Å². The maximum atomic E-state index is 14.0. The van der Waals surface area contributed by atoms with E-state index in [1.807, 2.05) is 0 Å². The van der Waals surface area contributed by atoms with Gasteiger partial charge >= 0.3 is 12.4 Å². The number of allylic oxidation sites excluding steroid dienone is 3. The Bertz CT molecular complexity index is 748. The topological polar surface area (TPSA) is 80.9 Å². The molecule has 0 radical (unpaired) electrons. The summed E-state index contributed by atoms with van der Waals surface area (Å²) in [6, 6.07) is 2.61. The molecule has 0 fully saturated rings. The number of hydrogen-bond donors (Lipinski definition) is 4. The second kappa shape index (κ2) is 7.18. The van der Waals surface area contributed by atoms with Crippen molar-refractivity contribution in [1.82, 2.24) is 0 Å². The van der Waals surface area contributed by atoms with Crippen LogP contribution in [0.3, 0.4) is 0 Å². The predicted molar refractivity (Wildman–Crippen MR) is 85.6 cm³/mol. The van der Waals surface area contributed by atoms with Crippen molar-refractivity contribution in [3.8, 4) is 0 Å². The van der Waals surface area contributed by atoms with E-state index in [9.17, 15) is 36.6 Å². The zero-order valence-corrected chi connectivity index (χ0v) is 14.5. The zero-order valence-electron chi connectivity index (χ0n) is 14.5. The van der Waals surface area contributed by atoms with Gasteiger partial charge in [0, 0.05) is 11.0 Å². The maximum absolute atomic E-state index is 14.0. The summed E-state index contributed by atoms with van der Waals surface area (Å²) in [5.74, 6) is 0. The molecule has 0 spiro atoms. The molecule has 1 aliphatic rings. The van der Waals surface area contributed by atoms with Gasteiger partial charge < -0.3 is 20.4 Å². The summed E-state index contributed by atoms with van der Waals surface area (Å²) in [7, 11) is 0. The lowest BCUT2D eigenvalue weighted by Gasteiger charge is -2.41. The van der Waals surface area contributed by atoms with Crippen molar-refractivity contribution in [2.24, 2.45) is 5.41 Å². The van der Waals surface area contributed by atoms with Crippen molar-refractivity contribution >= 4 is 0 Å². The van der Waals surface area contributed by atoms with Gasteiger partial charge in [-0.25, -0.2) is 0 Å². The van der Waals surface area contributed by atoms with Crippen LogP contribution in [-0.2, 0) is 5.41 Å². The summed E-state index contributed by atoms with van der Waals surface area (Å²) in [6.45, 7) is 1.28. The molecule has 1 aromatic carbocycles. The highest BCUT2D eigenvalue weighted by Crippen LogP contribution is 2.58. The Morgan fingerprint density at radius 2 is 1.39 bits per heavy atom. The monoisotopic (exact) mass is 412 g/mol. The van der Waals surface area contributed by atoms with Crippen molar-refractivity contribution in [2.45, 2.75) is 43.7 Å². The molecule has 28 heavy (non-hydrogen) atoms. The van der Waals surface area contributed by atoms with Crippen LogP contribution in [0.2, 0.25) is 0 Å². The lowest BCUT2D eigenvalue weighted by molar-refractivity contribution is -0.289. The molecule has 0 aliphatic heterocycles. The van der Waals surface area contributed by atoms with E-state index in [-0.39, 0.29) is 5.56 Å². The normalized spacial score (nSPS) is 21.4. The number of hydrogen-bond acceptors (Lipinski definition) is 4. The Hall–Kier alpha value is -1.88. The maximum Gasteiger partial charge on any atom is 0.411 e. The smallest absolute Gasteiger partial charge is 0.367 e. The van der Waals surface area contributed by atoms with Crippen LogP contribution < -0.4 is 0 Å². The van der Waals surface area contributed by atoms with Crippen LogP contribution in [-0.4, -0.2) is 39.1 Å². The first-order chi connectivity index (χ1) is 12.7. The number of aliphatic hydroxyl groups is 4. The Kier molecular flexibility index (Phi) is 5.75. The lowest BCUT2D eigenvalue weighted by atomic mass is 9.68. The fourth-order valence-corrected chi connectivity index (χ4v) is 3.10. The average molecular weight is 412 g/mol. The molecule has 2 rings (SSSR count). The number of aliphatic hydroxyl groups excluding tert-OH is 2. The summed E-state index contributed by atoms with van der Waals surface area (Å²) >= 11 is 0. The van der Waals surface area contributed by atoms with E-state index < -0.39 is 53.3 Å². The Morgan fingerprint density at radius 1 is 0.893 bits per heavy atom. The molecule has 0 saturated heterocycles. The fraction of sp³-hybridized carbons (Fsp3) is 0.444. The summed E-state index contributed by atoms with van der Waals surface area (Å²) < 4.78 is 83.8. The van der Waals surface area contributed by atoms with Crippen LogP contribution in [0.25, 0.3) is 0 Å². The van der Waals surface area contributed by atoms with Crippen LogP contribution in [0.1, 0.15) is 30.8 Å². The molecule has 1 unspecified atom stereocenters. The highest BCUT2D eigenvalue weighted by molar-refractivity contribution is 5.48. The first kappa shape index (κ1) is 22.4. The van der Waals surface area contributed by atoms with Gasteiger partial charge in [-0.1, -0.05) is 49.4 Å². The predicted octanol–water partition coefficient (Wildman–Crippen LogP) is 3.24. The number of benzene rings is 1. The van der Waals surface area contributed by atoms with E-state index >= 15 is 0 Å². The second-order valence-corrected chi connectivity index (χ2v) is 6.82. The summed E-state index contributed by atoms with van der Waals surface area (Å²) in [6.07, 6.45) is -13.9. The first-order valence-electron chi connectivity index (χ1n) is 8.03. The second-order valence-electron chi connectivity index (χ2n) is 6.82. The van der Waals surface area contributed by atoms with Gasteiger partial charge in [0.2, 0.25) is 5.41 Å². The summed E-state index contributed by atoms with van der Waals surface area (Å²) in [4.78, 5) is 0. The Morgan fingerprint density at radius 3 is 1.71 bits per heavy atom. The van der Waals surface area contributed by atoms with Crippen LogP contribution in [0, 0.1) is 5.41 Å². The van der Waals surface area contributed by atoms with Gasteiger partial charge in [-0.2, -0.15) is 26.3 Å². The summed E-state index contributed by atoms with van der Waals surface area (Å²) in [5.41, 5.74) is -8.34. The molecule has 156 valence electrons. The highest BCUT2D eigenvalue weighted by Gasteiger charge is 2.73. The quantitative estimate of drug-likeness (QED) is 0.452. The molecular formula is C18H18F6O4. The molecule has 0 aromatic heterocycles. The van der Waals surface area contributed by atoms with Crippen molar-refractivity contribution in [3.63, 3.8) is 0 Å². The van der Waals surface area contributed by atoms with Crippen molar-refractivity contribution in [1.29, 1.82) is 0 Å². The number of alkyl halides is 6. The minimum atomic E-state index is -5.79. The van der Waals surface area contributed by atoms with Crippen LogP contribution in [0.5, 0.6) is 0 Å². The zero-order chi connectivity index (χ0) is 21.5. The van der Waals surface area contributed by atoms with Gasteiger partial charge in [-0.05, 0) is 17.6 Å². The van der Waals surface area contributed by atoms with E-state index in [1.165, 1.54) is 6.92 Å². The third kappa shape index (κ3) is 3.57. The minimum absolute atomic E-state index is 0.272. The number of rotatable bonds is 4. The van der Waals surface area contributed by atoms with E-state index in [2.05, 4.69) is 0 Å². The molecule has 1 aliphatic carbocycles. The van der Waals surface area contributed by atoms with E-state index in [0.29, 0.717) is 24.3 Å². The number of halogens is 6. The molecule has 4 N–H and O–H groups in total. The van der Waals surface area contributed by atoms with Gasteiger partial charge in [0.1, 0.15) is 0 Å². The van der Waals surface area contributed by atoms with Crippen molar-refractivity contribution < 1.29 is 46.8 Å². The molecular weight excluding hydrogens is 394 g/mol. The van der Waals surface area contributed by atoms with Gasteiger partial charge in [0.25, 0.3) is 0 Å². The largest absolute Gasteiger partial charge is 0.411 e. The Balaban J connectivity index is 2.71. The van der Waals surface area contributed by atoms with E-state index in [1.54, 1.807) is 0 Å². The molecule has 1 aromatic rings. The average Bonchev–Trinajstić information content (AvgIpc) is 2.55. The third-order valence-corrected chi connectivity index (χ3v) is 4.92. The molecule has 10 heteroatoms. The molecule has 0 heterocycles. The van der Waals surface area contributed by atoms with Gasteiger partial charge in [0.15, 0.2) is 12.6 Å². The summed E-state index contributed by atoms with van der Waals surface area (Å²) in [5, 5.41) is 36.7. The van der Waals surface area contributed by atoms with Gasteiger partial charge in [0.05, 0.1) is 0 Å². The van der Waals surface area contributed by atoms with Crippen LogP contribution in [0.4, 0.5) is 26.3 Å².